The lowest BCUT2D eigenvalue weighted by atomic mass is 10.2. The summed E-state index contributed by atoms with van der Waals surface area (Å²) < 4.78 is 21.3. The second kappa shape index (κ2) is 6.95. The van der Waals surface area contributed by atoms with Crippen LogP contribution in [0.5, 0.6) is 0 Å². The Bertz CT molecular complexity index is 1230. The van der Waals surface area contributed by atoms with Crippen LogP contribution in [-0.2, 0) is 9.09 Å². The van der Waals surface area contributed by atoms with E-state index in [0.29, 0.717) is 26.9 Å². The number of carbonyl (C=O) groups excluding carboxylic acids is 1. The number of carbonyl (C=O) groups is 1. The summed E-state index contributed by atoms with van der Waals surface area (Å²) >= 11 is 6.14. The molecule has 1 unspecified atom stereocenters. The fraction of sp³-hybridized carbons (Fsp3) is 0.0526. The molecule has 1 atom stereocenters. The lowest BCUT2D eigenvalue weighted by molar-refractivity contribution is 0.0997. The predicted molar refractivity (Wildman–Crippen MR) is 109 cm³/mol. The maximum Gasteiger partial charge on any atom is 0.266 e. The number of halogens is 1. The second-order valence-corrected chi connectivity index (χ2v) is 8.98. The first kappa shape index (κ1) is 18.5. The molecule has 28 heavy (non-hydrogen) atoms. The number of benzene rings is 2. The van der Waals surface area contributed by atoms with Crippen LogP contribution >= 0.6 is 19.0 Å². The van der Waals surface area contributed by atoms with E-state index in [1.54, 1.807) is 59.5 Å². The van der Waals surface area contributed by atoms with Crippen LogP contribution in [0.2, 0.25) is 5.02 Å². The molecule has 7 nitrogen and oxygen atoms in total. The number of amides is 1. The summed E-state index contributed by atoms with van der Waals surface area (Å²) in [6.45, 7) is 0. The number of nitrogens with two attached hydrogens (primary N) is 1. The van der Waals surface area contributed by atoms with Gasteiger partial charge >= 0.3 is 0 Å². The van der Waals surface area contributed by atoms with E-state index in [0.717, 1.165) is 0 Å². The molecule has 2 heterocycles. The average Bonchev–Trinajstić information content (AvgIpc) is 3.35. The molecule has 2 aromatic heterocycles. The minimum atomic E-state index is -3.67. The molecule has 0 aliphatic carbocycles. The molecule has 4 rings (SSSR count). The third-order valence-corrected chi connectivity index (χ3v) is 7.23. The molecular weight excluding hydrogens is 399 g/mol. The Morgan fingerprint density at radius 3 is 2.75 bits per heavy atom. The maximum absolute atomic E-state index is 14.1. The fourth-order valence-corrected chi connectivity index (χ4v) is 5.57. The Kier molecular flexibility index (Phi) is 4.59. The van der Waals surface area contributed by atoms with Crippen LogP contribution in [0.4, 0.5) is 0 Å². The Morgan fingerprint density at radius 1 is 1.25 bits per heavy atom. The number of hydrogen-bond acceptors (Lipinski definition) is 4. The van der Waals surface area contributed by atoms with Gasteiger partial charge in [-0.05, 0) is 42.5 Å². The van der Waals surface area contributed by atoms with Crippen LogP contribution in [0, 0.1) is 0 Å². The van der Waals surface area contributed by atoms with E-state index in [1.165, 1.54) is 7.11 Å². The van der Waals surface area contributed by atoms with Crippen molar-refractivity contribution in [3.05, 3.63) is 71.6 Å². The van der Waals surface area contributed by atoms with Crippen molar-refractivity contribution in [1.82, 2.24) is 14.8 Å². The number of primary amides is 1. The molecule has 0 saturated heterocycles. The van der Waals surface area contributed by atoms with Gasteiger partial charge in [-0.15, -0.1) is 0 Å². The van der Waals surface area contributed by atoms with Gasteiger partial charge in [-0.25, -0.2) is 4.68 Å². The first-order valence-corrected chi connectivity index (χ1v) is 10.3. The molecule has 0 aliphatic rings. The molecule has 2 aromatic carbocycles. The molecule has 0 bridgehead atoms. The van der Waals surface area contributed by atoms with Crippen LogP contribution in [-0.4, -0.2) is 27.8 Å². The van der Waals surface area contributed by atoms with E-state index in [4.69, 9.17) is 21.9 Å². The number of nitrogens with one attached hydrogen (secondary N) is 1. The highest BCUT2D eigenvalue weighted by atomic mass is 35.5. The first-order valence-electron chi connectivity index (χ1n) is 8.32. The summed E-state index contributed by atoms with van der Waals surface area (Å²) in [4.78, 5) is 15.0. The lowest BCUT2D eigenvalue weighted by Gasteiger charge is -2.18. The number of fused-ring (bicyclic) bond motifs is 1. The highest BCUT2D eigenvalue weighted by molar-refractivity contribution is 7.75. The molecule has 3 N–H and O–H groups in total. The molecule has 0 fully saturated rings. The van der Waals surface area contributed by atoms with Crippen molar-refractivity contribution in [3.63, 3.8) is 0 Å². The minimum Gasteiger partial charge on any atom is -0.364 e. The van der Waals surface area contributed by atoms with Gasteiger partial charge in [-0.2, -0.15) is 5.10 Å². The average molecular weight is 415 g/mol. The molecular formula is C19H16ClN4O3P. The van der Waals surface area contributed by atoms with Gasteiger partial charge in [0.05, 0.1) is 11.0 Å². The molecule has 0 radical (unpaired) electrons. The van der Waals surface area contributed by atoms with Crippen LogP contribution in [0.3, 0.4) is 0 Å². The number of aromatic nitrogens is 3. The monoisotopic (exact) mass is 414 g/mol. The molecule has 142 valence electrons. The van der Waals surface area contributed by atoms with E-state index >= 15 is 0 Å². The Hall–Kier alpha value is -2.86. The van der Waals surface area contributed by atoms with E-state index in [2.05, 4.69) is 10.1 Å². The number of aromatic amines is 1. The quantitative estimate of drug-likeness (QED) is 0.490. The van der Waals surface area contributed by atoms with E-state index in [1.807, 2.05) is 6.07 Å². The number of H-pyrrole nitrogens is 1. The molecule has 1 amide bonds. The van der Waals surface area contributed by atoms with Crippen LogP contribution in [0.1, 0.15) is 10.5 Å². The van der Waals surface area contributed by atoms with E-state index in [-0.39, 0.29) is 11.0 Å². The summed E-state index contributed by atoms with van der Waals surface area (Å²) in [7, 11) is -2.33. The summed E-state index contributed by atoms with van der Waals surface area (Å²) in [5.41, 5.74) is 6.89. The highest BCUT2D eigenvalue weighted by Gasteiger charge is 2.35. The zero-order chi connectivity index (χ0) is 19.9. The Labute approximate surface area is 165 Å². The summed E-state index contributed by atoms with van der Waals surface area (Å²) in [6.07, 6.45) is 3.42. The summed E-state index contributed by atoms with van der Waals surface area (Å²) in [5.74, 6) is -0.733. The molecule has 0 saturated carbocycles. The van der Waals surface area contributed by atoms with Crippen LogP contribution in [0.15, 0.2) is 60.9 Å². The van der Waals surface area contributed by atoms with Crippen molar-refractivity contribution in [2.75, 3.05) is 7.11 Å². The molecule has 0 spiro atoms. The van der Waals surface area contributed by atoms with Crippen LogP contribution < -0.4 is 16.3 Å². The van der Waals surface area contributed by atoms with Gasteiger partial charge in [0, 0.05) is 40.7 Å². The topological polar surface area (TPSA) is 103 Å². The number of rotatable bonds is 5. The second-order valence-electron chi connectivity index (χ2n) is 6.11. The van der Waals surface area contributed by atoms with E-state index in [9.17, 15) is 9.36 Å². The van der Waals surface area contributed by atoms with Gasteiger partial charge in [-0.3, -0.25) is 9.36 Å². The van der Waals surface area contributed by atoms with Crippen molar-refractivity contribution in [2.24, 2.45) is 5.73 Å². The van der Waals surface area contributed by atoms with Crippen molar-refractivity contribution >= 4 is 46.4 Å². The standard InChI is InChI=1S/C19H16ClN4O3P/c1-27-28(26,14-5-2-4-13(11-14)24-9-3-8-22-24)18-15-10-12(20)6-7-16(15)23-17(18)19(21)25/h2-11,23H,1H3,(H2,21,25). The SMILES string of the molecule is COP(=O)(c1cccc(-n2cccn2)c1)c1c(C(N)=O)[nH]c2ccc(Cl)cc12. The van der Waals surface area contributed by atoms with Gasteiger partial charge in [0.2, 0.25) is 0 Å². The summed E-state index contributed by atoms with van der Waals surface area (Å²) in [6, 6.07) is 13.8. The largest absolute Gasteiger partial charge is 0.364 e. The summed E-state index contributed by atoms with van der Waals surface area (Å²) in [5, 5.41) is 5.77. The number of nitrogens with zero attached hydrogens (tertiary/aromatic N) is 2. The maximum atomic E-state index is 14.1. The molecule has 0 aliphatic heterocycles. The highest BCUT2D eigenvalue weighted by Crippen LogP contribution is 2.47. The van der Waals surface area contributed by atoms with Gasteiger partial charge < -0.3 is 15.2 Å². The Morgan fingerprint density at radius 2 is 2.07 bits per heavy atom. The van der Waals surface area contributed by atoms with Crippen molar-refractivity contribution in [1.29, 1.82) is 0 Å². The van der Waals surface area contributed by atoms with Crippen LogP contribution in [0.25, 0.3) is 16.6 Å². The van der Waals surface area contributed by atoms with E-state index < -0.39 is 13.3 Å². The molecule has 9 heteroatoms. The normalized spacial score (nSPS) is 13.5. The number of hydrogen-bond donors (Lipinski definition) is 2. The Balaban J connectivity index is 2.00. The third kappa shape index (κ3) is 2.94. The first-order chi connectivity index (χ1) is 13.4. The minimum absolute atomic E-state index is 0.0342. The zero-order valence-electron chi connectivity index (χ0n) is 14.8. The van der Waals surface area contributed by atoms with Gasteiger partial charge in [0.1, 0.15) is 5.69 Å². The van der Waals surface area contributed by atoms with Gasteiger partial charge in [-0.1, -0.05) is 17.7 Å². The zero-order valence-corrected chi connectivity index (χ0v) is 16.4. The smallest absolute Gasteiger partial charge is 0.266 e. The predicted octanol–water partition coefficient (Wildman–Crippen LogP) is 2.98. The van der Waals surface area contributed by atoms with Crippen molar-refractivity contribution < 1.29 is 13.9 Å². The lowest BCUT2D eigenvalue weighted by Crippen LogP contribution is -2.26. The fourth-order valence-electron chi connectivity index (χ4n) is 3.20. The molecule has 4 aromatic rings. The van der Waals surface area contributed by atoms with Crippen molar-refractivity contribution in [2.45, 2.75) is 0 Å². The van der Waals surface area contributed by atoms with Gasteiger partial charge in [0.15, 0.2) is 0 Å². The van der Waals surface area contributed by atoms with Crippen molar-refractivity contribution in [3.8, 4) is 5.69 Å². The van der Waals surface area contributed by atoms with Gasteiger partial charge in [0.25, 0.3) is 13.3 Å². The third-order valence-electron chi connectivity index (χ3n) is 4.47.